The Kier molecular flexibility index (Phi) is 1.96. The molecule has 0 aliphatic carbocycles. The number of benzene rings is 2. The van der Waals surface area contributed by atoms with Gasteiger partial charge in [0.25, 0.3) is 0 Å². The molecule has 0 saturated carbocycles. The Morgan fingerprint density at radius 3 is 1.78 bits per heavy atom. The Morgan fingerprint density at radius 1 is 0.833 bits per heavy atom. The Morgan fingerprint density at radius 2 is 1.28 bits per heavy atom. The van der Waals surface area contributed by atoms with E-state index in [2.05, 4.69) is 61.4 Å². The molecule has 1 nitrogen and oxygen atoms in total. The molecule has 18 heavy (non-hydrogen) atoms. The van der Waals surface area contributed by atoms with Crippen LogP contribution in [0.3, 0.4) is 0 Å². The molecule has 4 rings (SSSR count). The summed E-state index contributed by atoms with van der Waals surface area (Å²) in [7, 11) is 2.47. The quantitative estimate of drug-likeness (QED) is 0.652. The number of hydrogen-bond donors (Lipinski definition) is 0. The number of quaternary nitrogens is 1. The van der Waals surface area contributed by atoms with Crippen LogP contribution in [-0.2, 0) is 13.1 Å². The van der Waals surface area contributed by atoms with Crippen LogP contribution in [0.25, 0.3) is 0 Å². The van der Waals surface area contributed by atoms with Gasteiger partial charge in [-0.1, -0.05) is 0 Å². The van der Waals surface area contributed by atoms with Gasteiger partial charge in [-0.05, 0) is 0 Å². The fourth-order valence-corrected chi connectivity index (χ4v) is 12.0. The topological polar surface area (TPSA) is 0 Å². The molecular weight excluding hydrogens is 285 g/mol. The minimum absolute atomic E-state index is 1.22. The number of rotatable bonds is 0. The van der Waals surface area contributed by atoms with Gasteiger partial charge in [0.15, 0.2) is 0 Å². The Bertz CT molecular complexity index is 598. The molecule has 2 aliphatic heterocycles. The van der Waals surface area contributed by atoms with Crippen molar-refractivity contribution in [3.63, 3.8) is 0 Å². The molecule has 2 aromatic carbocycles. The molecule has 2 aliphatic rings. The van der Waals surface area contributed by atoms with Crippen molar-refractivity contribution < 1.29 is 3.50 Å². The molecule has 0 radical (unpaired) electrons. The van der Waals surface area contributed by atoms with E-state index in [1.165, 1.54) is 16.6 Å². The first-order chi connectivity index (χ1) is 8.65. The number of nitrogens with zero attached hydrogens (tertiary/aromatic N) is 1. The third kappa shape index (κ3) is 1.07. The van der Waals surface area contributed by atoms with E-state index in [4.69, 9.17) is 0 Å². The third-order valence-electron chi connectivity index (χ3n) is 4.69. The van der Waals surface area contributed by atoms with Gasteiger partial charge in [-0.15, -0.1) is 0 Å². The average Bonchev–Trinajstić information content (AvgIpc) is 2.72. The molecule has 0 bridgehead atoms. The van der Waals surface area contributed by atoms with E-state index >= 15 is 0 Å². The zero-order valence-corrected chi connectivity index (χ0v) is 12.6. The second-order valence-corrected chi connectivity index (χ2v) is 13.1. The summed E-state index contributed by atoms with van der Waals surface area (Å²) in [6.45, 7) is 2.45. The van der Waals surface area contributed by atoms with Crippen molar-refractivity contribution >= 4 is 22.0 Å². The Labute approximate surface area is 111 Å². The van der Waals surface area contributed by atoms with E-state index in [9.17, 15) is 0 Å². The normalized spacial score (nSPS) is 35.4. The van der Waals surface area contributed by atoms with E-state index in [0.717, 1.165) is 0 Å². The van der Waals surface area contributed by atoms with Gasteiger partial charge in [0, 0.05) is 0 Å². The molecule has 0 amide bonds. The second-order valence-electron chi connectivity index (χ2n) is 5.70. The molecular formula is C16H18NSe+. The fourth-order valence-electron chi connectivity index (χ4n) is 3.67. The van der Waals surface area contributed by atoms with Gasteiger partial charge < -0.3 is 0 Å². The first-order valence-electron chi connectivity index (χ1n) is 6.44. The Hall–Kier alpha value is -1.08. The van der Waals surface area contributed by atoms with Crippen molar-refractivity contribution in [1.29, 1.82) is 0 Å². The van der Waals surface area contributed by atoms with Crippen LogP contribution in [0.4, 0.5) is 0 Å². The molecule has 0 atom stereocenters. The standard InChI is InChI=1S/C16H18NSe/c1-17-11-13-7-3-5-9-15(13)18(17,2)16-10-6-4-8-14(16)12-17/h3-10H,11-12H2,1-2H3/q+1. The molecule has 2 heterocycles. The van der Waals surface area contributed by atoms with E-state index in [1.54, 1.807) is 20.1 Å². The van der Waals surface area contributed by atoms with E-state index in [0.29, 0.717) is 0 Å². The zero-order valence-electron chi connectivity index (χ0n) is 10.9. The summed E-state index contributed by atoms with van der Waals surface area (Å²) in [6.07, 6.45) is 0. The van der Waals surface area contributed by atoms with E-state index < -0.39 is 13.1 Å². The maximum absolute atomic E-state index is 2.58. The van der Waals surface area contributed by atoms with Crippen LogP contribution in [0, 0.1) is 0 Å². The maximum atomic E-state index is 2.58. The van der Waals surface area contributed by atoms with Gasteiger partial charge in [-0.25, -0.2) is 0 Å². The van der Waals surface area contributed by atoms with Crippen molar-refractivity contribution in [2.45, 2.75) is 18.9 Å². The van der Waals surface area contributed by atoms with Crippen LogP contribution in [0.1, 0.15) is 11.1 Å². The second kappa shape index (κ2) is 3.27. The molecule has 2 aromatic rings. The van der Waals surface area contributed by atoms with Gasteiger partial charge in [-0.2, -0.15) is 0 Å². The van der Waals surface area contributed by atoms with Crippen LogP contribution in [-0.4, -0.2) is 23.6 Å². The fraction of sp³-hybridized carbons (Fsp3) is 0.250. The average molecular weight is 303 g/mol. The molecule has 0 fully saturated rings. The molecule has 0 unspecified atom stereocenters. The first kappa shape index (κ1) is 10.8. The van der Waals surface area contributed by atoms with Gasteiger partial charge in [-0.3, -0.25) is 0 Å². The minimum atomic E-state index is -1.80. The predicted octanol–water partition coefficient (Wildman–Crippen LogP) is 1.85. The Balaban J connectivity index is 2.06. The van der Waals surface area contributed by atoms with Crippen molar-refractivity contribution in [3.8, 4) is 0 Å². The van der Waals surface area contributed by atoms with Crippen LogP contribution in [0.5, 0.6) is 0 Å². The van der Waals surface area contributed by atoms with Crippen LogP contribution < -0.4 is 8.92 Å². The van der Waals surface area contributed by atoms with Crippen molar-refractivity contribution in [1.82, 2.24) is 0 Å². The summed E-state index contributed by atoms with van der Waals surface area (Å²) in [4.78, 5) is 0. The number of fused-ring (bicyclic) bond motifs is 5. The van der Waals surface area contributed by atoms with Crippen LogP contribution in [0.2, 0.25) is 5.82 Å². The molecule has 0 saturated heterocycles. The molecule has 92 valence electrons. The zero-order chi connectivity index (χ0) is 12.4. The monoisotopic (exact) mass is 304 g/mol. The van der Waals surface area contributed by atoms with Crippen molar-refractivity contribution in [2.24, 2.45) is 0 Å². The summed E-state index contributed by atoms with van der Waals surface area (Å²) in [5.74, 6) is 2.58. The summed E-state index contributed by atoms with van der Waals surface area (Å²) in [5, 5.41) is 0. The van der Waals surface area contributed by atoms with Gasteiger partial charge in [0.05, 0.1) is 0 Å². The molecule has 0 aromatic heterocycles. The van der Waals surface area contributed by atoms with E-state index in [1.807, 2.05) is 0 Å². The van der Waals surface area contributed by atoms with E-state index in [-0.39, 0.29) is 0 Å². The van der Waals surface area contributed by atoms with Crippen LogP contribution >= 0.6 is 0 Å². The van der Waals surface area contributed by atoms with Gasteiger partial charge in [0.2, 0.25) is 0 Å². The van der Waals surface area contributed by atoms with Crippen molar-refractivity contribution in [3.05, 3.63) is 59.7 Å². The SMILES string of the molecule is C[N+]12Cc3ccccc3[Se]1(C)c1ccccc1C2. The van der Waals surface area contributed by atoms with Gasteiger partial charge >= 0.3 is 111 Å². The molecule has 0 spiro atoms. The van der Waals surface area contributed by atoms with Gasteiger partial charge in [0.1, 0.15) is 0 Å². The number of hydrogen-bond acceptors (Lipinski definition) is 0. The summed E-state index contributed by atoms with van der Waals surface area (Å²) < 4.78 is 4.62. The first-order valence-corrected chi connectivity index (χ1v) is 10.6. The van der Waals surface area contributed by atoms with Crippen LogP contribution in [0.15, 0.2) is 48.5 Å². The summed E-state index contributed by atoms with van der Waals surface area (Å²) in [6, 6.07) is 18.3. The summed E-state index contributed by atoms with van der Waals surface area (Å²) >= 11 is -1.80. The third-order valence-corrected chi connectivity index (χ3v) is 14.2. The molecule has 0 N–H and O–H groups in total. The van der Waals surface area contributed by atoms with Crippen molar-refractivity contribution in [2.75, 3.05) is 7.05 Å². The predicted molar refractivity (Wildman–Crippen MR) is 77.4 cm³/mol. The summed E-state index contributed by atoms with van der Waals surface area (Å²) in [5.41, 5.74) is 3.19. The molecule has 2 heteroatoms.